The minimum absolute atomic E-state index is 0.0866. The first-order valence-electron chi connectivity index (χ1n) is 6.02. The third-order valence-electron chi connectivity index (χ3n) is 2.18. The molecule has 20 heavy (non-hydrogen) atoms. The average Bonchev–Trinajstić information content (AvgIpc) is 2.25. The highest BCUT2D eigenvalue weighted by Gasteiger charge is 2.24. The zero-order valence-corrected chi connectivity index (χ0v) is 11.6. The molecule has 0 heterocycles. The van der Waals surface area contributed by atoms with Crippen molar-refractivity contribution in [2.75, 3.05) is 0 Å². The Bertz CT molecular complexity index is 396. The summed E-state index contributed by atoms with van der Waals surface area (Å²) in [6.07, 6.45) is -0.532. The Morgan fingerprint density at radius 1 is 1.05 bits per heavy atom. The van der Waals surface area contributed by atoms with E-state index in [-0.39, 0.29) is 6.04 Å². The normalized spacial score (nSPS) is 13.2. The van der Waals surface area contributed by atoms with Gasteiger partial charge in [0.1, 0.15) is 12.1 Å². The minimum Gasteiger partial charge on any atom is -0.480 e. The van der Waals surface area contributed by atoms with Crippen LogP contribution in [0.3, 0.4) is 0 Å². The number of nitrogens with two attached hydrogens (primary N) is 1. The summed E-state index contributed by atoms with van der Waals surface area (Å²) in [4.78, 5) is 44.5. The SMILES string of the molecule is CC(C)NC(=O)C(C)NC(=O)N[C@H](CC(N)=O)C(=O)O. The monoisotopic (exact) mass is 288 g/mol. The number of urea groups is 1. The summed E-state index contributed by atoms with van der Waals surface area (Å²) in [5.41, 5.74) is 4.87. The van der Waals surface area contributed by atoms with Gasteiger partial charge in [-0.15, -0.1) is 0 Å². The first kappa shape index (κ1) is 17.7. The number of amides is 4. The van der Waals surface area contributed by atoms with Crippen molar-refractivity contribution in [2.45, 2.75) is 45.3 Å². The molecular weight excluding hydrogens is 268 g/mol. The van der Waals surface area contributed by atoms with E-state index in [0.29, 0.717) is 0 Å². The Kier molecular flexibility index (Phi) is 7.05. The van der Waals surface area contributed by atoms with E-state index in [1.165, 1.54) is 6.92 Å². The number of primary amides is 1. The molecule has 4 amide bonds. The molecule has 0 aromatic heterocycles. The van der Waals surface area contributed by atoms with Gasteiger partial charge in [-0.2, -0.15) is 0 Å². The number of rotatable bonds is 7. The smallest absolute Gasteiger partial charge is 0.326 e. The van der Waals surface area contributed by atoms with Crippen LogP contribution in [-0.2, 0) is 14.4 Å². The molecule has 0 aliphatic rings. The van der Waals surface area contributed by atoms with Crippen LogP contribution in [0.15, 0.2) is 0 Å². The van der Waals surface area contributed by atoms with Crippen molar-refractivity contribution >= 4 is 23.8 Å². The van der Waals surface area contributed by atoms with E-state index in [9.17, 15) is 19.2 Å². The summed E-state index contributed by atoms with van der Waals surface area (Å²) in [7, 11) is 0. The maximum absolute atomic E-state index is 11.5. The first-order valence-corrected chi connectivity index (χ1v) is 6.02. The standard InChI is InChI=1S/C11H20N4O5/c1-5(2)13-9(17)6(3)14-11(20)15-7(10(18)19)4-8(12)16/h5-7H,4H2,1-3H3,(H2,12,16)(H,13,17)(H,18,19)(H2,14,15,20)/t6?,7-/m1/s1. The van der Waals surface area contributed by atoms with Crippen molar-refractivity contribution in [3.63, 3.8) is 0 Å². The molecule has 0 saturated heterocycles. The fraction of sp³-hybridized carbons (Fsp3) is 0.636. The van der Waals surface area contributed by atoms with Crippen LogP contribution in [0.1, 0.15) is 27.2 Å². The van der Waals surface area contributed by atoms with Gasteiger partial charge in [0.25, 0.3) is 0 Å². The van der Waals surface area contributed by atoms with Gasteiger partial charge in [-0.25, -0.2) is 9.59 Å². The molecule has 6 N–H and O–H groups in total. The van der Waals surface area contributed by atoms with E-state index >= 15 is 0 Å². The number of hydrogen-bond donors (Lipinski definition) is 5. The molecule has 0 radical (unpaired) electrons. The second-order valence-corrected chi connectivity index (χ2v) is 4.56. The Morgan fingerprint density at radius 2 is 1.60 bits per heavy atom. The highest BCUT2D eigenvalue weighted by molar-refractivity contribution is 5.90. The minimum atomic E-state index is -1.44. The summed E-state index contributed by atoms with van der Waals surface area (Å²) in [5.74, 6) is -2.65. The zero-order chi connectivity index (χ0) is 15.9. The summed E-state index contributed by atoms with van der Waals surface area (Å²) >= 11 is 0. The van der Waals surface area contributed by atoms with Crippen LogP contribution in [0.5, 0.6) is 0 Å². The van der Waals surface area contributed by atoms with Gasteiger partial charge in [-0.3, -0.25) is 9.59 Å². The van der Waals surface area contributed by atoms with Crippen molar-refractivity contribution in [3.8, 4) is 0 Å². The molecule has 0 aromatic rings. The number of hydrogen-bond acceptors (Lipinski definition) is 4. The second-order valence-electron chi connectivity index (χ2n) is 4.56. The Labute approximate surface area is 116 Å². The lowest BCUT2D eigenvalue weighted by molar-refractivity contribution is -0.140. The van der Waals surface area contributed by atoms with E-state index in [2.05, 4.69) is 16.0 Å². The van der Waals surface area contributed by atoms with Gasteiger partial charge < -0.3 is 26.8 Å². The van der Waals surface area contributed by atoms with Gasteiger partial charge in [-0.1, -0.05) is 0 Å². The van der Waals surface area contributed by atoms with Crippen LogP contribution in [0.25, 0.3) is 0 Å². The summed E-state index contributed by atoms with van der Waals surface area (Å²) in [6, 6.07) is -3.24. The van der Waals surface area contributed by atoms with E-state index in [1.54, 1.807) is 13.8 Å². The quantitative estimate of drug-likeness (QED) is 0.387. The lowest BCUT2D eigenvalue weighted by atomic mass is 10.2. The number of nitrogens with one attached hydrogen (secondary N) is 3. The molecule has 114 valence electrons. The fourth-order valence-electron chi connectivity index (χ4n) is 1.27. The van der Waals surface area contributed by atoms with Crippen molar-refractivity contribution in [2.24, 2.45) is 5.73 Å². The molecule has 0 aromatic carbocycles. The lowest BCUT2D eigenvalue weighted by Gasteiger charge is -2.18. The largest absolute Gasteiger partial charge is 0.480 e. The molecule has 9 nitrogen and oxygen atoms in total. The Morgan fingerprint density at radius 3 is 2.00 bits per heavy atom. The van der Waals surface area contributed by atoms with Crippen LogP contribution >= 0.6 is 0 Å². The number of carboxylic acid groups (broad SMARTS) is 1. The summed E-state index contributed by atoms with van der Waals surface area (Å²) in [5, 5.41) is 15.7. The van der Waals surface area contributed by atoms with Crippen molar-refractivity contribution in [1.82, 2.24) is 16.0 Å². The van der Waals surface area contributed by atoms with E-state index in [4.69, 9.17) is 10.8 Å². The Hall–Kier alpha value is -2.32. The van der Waals surface area contributed by atoms with Crippen LogP contribution < -0.4 is 21.7 Å². The summed E-state index contributed by atoms with van der Waals surface area (Å²) < 4.78 is 0. The van der Waals surface area contributed by atoms with Crippen LogP contribution in [0.4, 0.5) is 4.79 Å². The third kappa shape index (κ3) is 7.19. The first-order chi connectivity index (χ1) is 9.13. The molecule has 0 rings (SSSR count). The molecule has 0 aliphatic heterocycles. The number of carbonyl (C=O) groups excluding carboxylic acids is 3. The zero-order valence-electron chi connectivity index (χ0n) is 11.6. The molecule has 0 saturated carbocycles. The van der Waals surface area contributed by atoms with Crippen molar-refractivity contribution in [1.29, 1.82) is 0 Å². The van der Waals surface area contributed by atoms with Crippen LogP contribution in [0.2, 0.25) is 0 Å². The van der Waals surface area contributed by atoms with Gasteiger partial charge in [0.05, 0.1) is 6.42 Å². The molecular formula is C11H20N4O5. The number of aliphatic carboxylic acids is 1. The number of carbonyl (C=O) groups is 4. The van der Waals surface area contributed by atoms with E-state index in [1.807, 2.05) is 0 Å². The lowest BCUT2D eigenvalue weighted by Crippen LogP contribution is -2.53. The molecule has 0 aliphatic carbocycles. The summed E-state index contributed by atoms with van der Waals surface area (Å²) in [6.45, 7) is 4.97. The van der Waals surface area contributed by atoms with Crippen molar-refractivity contribution < 1.29 is 24.3 Å². The second kappa shape index (κ2) is 7.97. The molecule has 0 spiro atoms. The highest BCUT2D eigenvalue weighted by Crippen LogP contribution is 1.92. The van der Waals surface area contributed by atoms with Gasteiger partial charge in [-0.05, 0) is 20.8 Å². The molecule has 1 unspecified atom stereocenters. The van der Waals surface area contributed by atoms with Gasteiger partial charge in [0, 0.05) is 6.04 Å². The predicted molar refractivity (Wildman–Crippen MR) is 69.6 cm³/mol. The Balaban J connectivity index is 4.42. The van der Waals surface area contributed by atoms with Crippen LogP contribution in [0, 0.1) is 0 Å². The van der Waals surface area contributed by atoms with E-state index < -0.39 is 42.3 Å². The van der Waals surface area contributed by atoms with Gasteiger partial charge in [0.2, 0.25) is 11.8 Å². The van der Waals surface area contributed by atoms with Gasteiger partial charge >= 0.3 is 12.0 Å². The molecule has 0 bridgehead atoms. The molecule has 0 fully saturated rings. The highest BCUT2D eigenvalue weighted by atomic mass is 16.4. The van der Waals surface area contributed by atoms with Gasteiger partial charge in [0.15, 0.2) is 0 Å². The van der Waals surface area contributed by atoms with Crippen molar-refractivity contribution in [3.05, 3.63) is 0 Å². The maximum Gasteiger partial charge on any atom is 0.326 e. The fourth-order valence-corrected chi connectivity index (χ4v) is 1.27. The molecule has 9 heteroatoms. The molecule has 2 atom stereocenters. The van der Waals surface area contributed by atoms with Crippen LogP contribution in [-0.4, -0.2) is 47.0 Å². The topological polar surface area (TPSA) is 151 Å². The predicted octanol–water partition coefficient (Wildman–Crippen LogP) is -1.47. The number of carboxylic acids is 1. The van der Waals surface area contributed by atoms with E-state index in [0.717, 1.165) is 0 Å². The third-order valence-corrected chi connectivity index (χ3v) is 2.18. The average molecular weight is 288 g/mol. The maximum atomic E-state index is 11.5.